The number of hydrogen-bond acceptors (Lipinski definition) is 2. The zero-order chi connectivity index (χ0) is 14.4. The third-order valence-corrected chi connectivity index (χ3v) is 3.26. The van der Waals surface area contributed by atoms with Crippen molar-refractivity contribution in [2.45, 2.75) is 13.3 Å². The highest BCUT2D eigenvalue weighted by Gasteiger charge is 2.04. The Hall–Kier alpha value is -2.29. The second-order valence-corrected chi connectivity index (χ2v) is 4.82. The van der Waals surface area contributed by atoms with E-state index in [-0.39, 0.29) is 5.91 Å². The number of hydrogen-bond donors (Lipinski definition) is 2. The van der Waals surface area contributed by atoms with Crippen LogP contribution in [0.4, 0.5) is 5.69 Å². The summed E-state index contributed by atoms with van der Waals surface area (Å²) in [7, 11) is 1.86. The van der Waals surface area contributed by atoms with E-state index in [1.54, 1.807) is 0 Å². The number of nitrogens with one attached hydrogen (secondary N) is 2. The van der Waals surface area contributed by atoms with Crippen molar-refractivity contribution < 1.29 is 4.79 Å². The van der Waals surface area contributed by atoms with Crippen molar-refractivity contribution in [3.05, 3.63) is 65.2 Å². The standard InChI is InChI=1S/C17H20N2O/c1-13-3-5-14(6-4-13)11-12-19-17(20)15-7-9-16(18-2)10-8-15/h3-10,18H,11-12H2,1-2H3,(H,19,20). The van der Waals surface area contributed by atoms with Gasteiger partial charge in [-0.3, -0.25) is 4.79 Å². The van der Waals surface area contributed by atoms with Gasteiger partial charge in [-0.15, -0.1) is 0 Å². The maximum Gasteiger partial charge on any atom is 0.251 e. The fraction of sp³-hybridized carbons (Fsp3) is 0.235. The number of benzene rings is 2. The van der Waals surface area contributed by atoms with E-state index in [4.69, 9.17) is 0 Å². The van der Waals surface area contributed by atoms with Crippen LogP contribution in [0.15, 0.2) is 48.5 Å². The average Bonchev–Trinajstić information content (AvgIpc) is 2.49. The van der Waals surface area contributed by atoms with Gasteiger partial charge in [0.2, 0.25) is 0 Å². The molecule has 0 spiro atoms. The van der Waals surface area contributed by atoms with Gasteiger partial charge in [0.05, 0.1) is 0 Å². The summed E-state index contributed by atoms with van der Waals surface area (Å²) in [4.78, 5) is 12.0. The van der Waals surface area contributed by atoms with Crippen LogP contribution in [-0.4, -0.2) is 19.5 Å². The van der Waals surface area contributed by atoms with Crippen LogP contribution in [0.5, 0.6) is 0 Å². The van der Waals surface area contributed by atoms with Gasteiger partial charge in [-0.2, -0.15) is 0 Å². The van der Waals surface area contributed by atoms with E-state index >= 15 is 0 Å². The molecule has 2 rings (SSSR count). The molecule has 0 saturated carbocycles. The maximum absolute atomic E-state index is 12.0. The Bertz CT molecular complexity index is 559. The minimum absolute atomic E-state index is 0.0280. The molecule has 0 bridgehead atoms. The van der Waals surface area contributed by atoms with Crippen LogP contribution in [0.2, 0.25) is 0 Å². The van der Waals surface area contributed by atoms with Crippen LogP contribution in [0.25, 0.3) is 0 Å². The van der Waals surface area contributed by atoms with E-state index < -0.39 is 0 Å². The summed E-state index contributed by atoms with van der Waals surface area (Å²) in [5, 5.41) is 5.97. The summed E-state index contributed by atoms with van der Waals surface area (Å²) in [5.74, 6) is -0.0280. The molecular weight excluding hydrogens is 248 g/mol. The van der Waals surface area contributed by atoms with Gasteiger partial charge in [0.1, 0.15) is 0 Å². The molecule has 2 aromatic carbocycles. The Morgan fingerprint density at radius 2 is 1.65 bits per heavy atom. The molecule has 3 heteroatoms. The van der Waals surface area contributed by atoms with Crippen molar-refractivity contribution >= 4 is 11.6 Å². The smallest absolute Gasteiger partial charge is 0.251 e. The van der Waals surface area contributed by atoms with Crippen LogP contribution in [0.3, 0.4) is 0 Å². The lowest BCUT2D eigenvalue weighted by atomic mass is 10.1. The van der Waals surface area contributed by atoms with Crippen molar-refractivity contribution in [2.24, 2.45) is 0 Å². The molecule has 2 aromatic rings. The summed E-state index contributed by atoms with van der Waals surface area (Å²) in [6.45, 7) is 2.72. The molecule has 0 aliphatic carbocycles. The number of amides is 1. The van der Waals surface area contributed by atoms with Gasteiger partial charge in [-0.1, -0.05) is 29.8 Å². The lowest BCUT2D eigenvalue weighted by Crippen LogP contribution is -2.25. The van der Waals surface area contributed by atoms with Gasteiger partial charge in [0.25, 0.3) is 5.91 Å². The van der Waals surface area contributed by atoms with Crippen LogP contribution in [0.1, 0.15) is 21.5 Å². The van der Waals surface area contributed by atoms with Crippen LogP contribution < -0.4 is 10.6 Å². The van der Waals surface area contributed by atoms with Crippen molar-refractivity contribution in [2.75, 3.05) is 18.9 Å². The predicted octanol–water partition coefficient (Wildman–Crippen LogP) is 3.01. The highest BCUT2D eigenvalue weighted by atomic mass is 16.1. The lowest BCUT2D eigenvalue weighted by molar-refractivity contribution is 0.0954. The Labute approximate surface area is 120 Å². The first-order valence-electron chi connectivity index (χ1n) is 6.80. The topological polar surface area (TPSA) is 41.1 Å². The molecular formula is C17H20N2O. The molecule has 104 valence electrons. The number of carbonyl (C=O) groups is 1. The van der Waals surface area contributed by atoms with E-state index in [0.29, 0.717) is 12.1 Å². The molecule has 0 aromatic heterocycles. The van der Waals surface area contributed by atoms with Gasteiger partial charge >= 0.3 is 0 Å². The van der Waals surface area contributed by atoms with E-state index in [2.05, 4.69) is 41.8 Å². The molecule has 0 unspecified atom stereocenters. The highest BCUT2D eigenvalue weighted by molar-refractivity contribution is 5.94. The molecule has 1 amide bonds. The lowest BCUT2D eigenvalue weighted by Gasteiger charge is -2.06. The van der Waals surface area contributed by atoms with Crippen LogP contribution in [0, 0.1) is 6.92 Å². The monoisotopic (exact) mass is 268 g/mol. The summed E-state index contributed by atoms with van der Waals surface area (Å²) in [6, 6.07) is 15.8. The fourth-order valence-corrected chi connectivity index (χ4v) is 1.97. The third kappa shape index (κ3) is 3.85. The SMILES string of the molecule is CNc1ccc(C(=O)NCCc2ccc(C)cc2)cc1. The average molecular weight is 268 g/mol. The zero-order valence-corrected chi connectivity index (χ0v) is 11.9. The zero-order valence-electron chi connectivity index (χ0n) is 11.9. The minimum atomic E-state index is -0.0280. The molecule has 0 atom stereocenters. The minimum Gasteiger partial charge on any atom is -0.388 e. The molecule has 0 aliphatic heterocycles. The number of aryl methyl sites for hydroxylation is 1. The molecule has 0 aliphatic rings. The molecule has 3 nitrogen and oxygen atoms in total. The van der Waals surface area contributed by atoms with E-state index in [9.17, 15) is 4.79 Å². The number of rotatable bonds is 5. The van der Waals surface area contributed by atoms with E-state index in [1.165, 1.54) is 11.1 Å². The first-order valence-corrected chi connectivity index (χ1v) is 6.80. The van der Waals surface area contributed by atoms with Crippen LogP contribution in [-0.2, 0) is 6.42 Å². The second kappa shape index (κ2) is 6.75. The molecule has 0 heterocycles. The quantitative estimate of drug-likeness (QED) is 0.875. The maximum atomic E-state index is 12.0. The predicted molar refractivity (Wildman–Crippen MR) is 83.2 cm³/mol. The fourth-order valence-electron chi connectivity index (χ4n) is 1.97. The Morgan fingerprint density at radius 1 is 1.00 bits per heavy atom. The Kier molecular flexibility index (Phi) is 4.77. The van der Waals surface area contributed by atoms with E-state index in [0.717, 1.165) is 12.1 Å². The molecule has 0 fully saturated rings. The number of anilines is 1. The highest BCUT2D eigenvalue weighted by Crippen LogP contribution is 2.08. The van der Waals surface area contributed by atoms with Gasteiger partial charge < -0.3 is 10.6 Å². The molecule has 2 N–H and O–H groups in total. The van der Waals surface area contributed by atoms with E-state index in [1.807, 2.05) is 31.3 Å². The Balaban J connectivity index is 1.83. The third-order valence-electron chi connectivity index (χ3n) is 3.26. The molecule has 0 saturated heterocycles. The first-order chi connectivity index (χ1) is 9.69. The summed E-state index contributed by atoms with van der Waals surface area (Å²) in [6.07, 6.45) is 0.848. The van der Waals surface area contributed by atoms with Crippen molar-refractivity contribution in [1.29, 1.82) is 0 Å². The summed E-state index contributed by atoms with van der Waals surface area (Å²) >= 11 is 0. The second-order valence-electron chi connectivity index (χ2n) is 4.82. The summed E-state index contributed by atoms with van der Waals surface area (Å²) < 4.78 is 0. The van der Waals surface area contributed by atoms with Crippen molar-refractivity contribution in [1.82, 2.24) is 5.32 Å². The normalized spacial score (nSPS) is 10.1. The van der Waals surface area contributed by atoms with Crippen molar-refractivity contribution in [3.63, 3.8) is 0 Å². The largest absolute Gasteiger partial charge is 0.388 e. The van der Waals surface area contributed by atoms with Gasteiger partial charge in [0, 0.05) is 24.8 Å². The summed E-state index contributed by atoms with van der Waals surface area (Å²) in [5.41, 5.74) is 4.18. The van der Waals surface area contributed by atoms with Gasteiger partial charge in [-0.25, -0.2) is 0 Å². The van der Waals surface area contributed by atoms with Crippen molar-refractivity contribution in [3.8, 4) is 0 Å². The first kappa shape index (κ1) is 14.1. The number of carbonyl (C=O) groups excluding carboxylic acids is 1. The van der Waals surface area contributed by atoms with Gasteiger partial charge in [0.15, 0.2) is 0 Å². The van der Waals surface area contributed by atoms with Gasteiger partial charge in [-0.05, 0) is 43.2 Å². The molecule has 20 heavy (non-hydrogen) atoms. The Morgan fingerprint density at radius 3 is 2.25 bits per heavy atom. The van der Waals surface area contributed by atoms with Crippen LogP contribution >= 0.6 is 0 Å². The molecule has 0 radical (unpaired) electrons.